The van der Waals surface area contributed by atoms with Gasteiger partial charge in [0.2, 0.25) is 0 Å². The molecule has 160 valence electrons. The van der Waals surface area contributed by atoms with Gasteiger partial charge in [0, 0.05) is 17.3 Å². The zero-order chi connectivity index (χ0) is 22.2. The summed E-state index contributed by atoms with van der Waals surface area (Å²) < 4.78 is 24.6. The molecule has 3 rings (SSSR count). The molecular weight excluding hydrogens is 399 g/mol. The number of amides is 1. The fraction of sp³-hybridized carbons (Fsp3) is 0.208. The Morgan fingerprint density at radius 2 is 1.87 bits per heavy atom. The Morgan fingerprint density at radius 3 is 2.58 bits per heavy atom. The third kappa shape index (κ3) is 5.66. The van der Waals surface area contributed by atoms with E-state index >= 15 is 0 Å². The van der Waals surface area contributed by atoms with E-state index in [1.165, 1.54) is 18.3 Å². The molecule has 0 aliphatic rings. The number of nitrogens with one attached hydrogen (secondary N) is 1. The summed E-state index contributed by atoms with van der Waals surface area (Å²) in [5, 5.41) is 2.50. The number of esters is 1. The molecule has 6 nitrogen and oxygen atoms in total. The van der Waals surface area contributed by atoms with Crippen LogP contribution in [0.2, 0.25) is 0 Å². The van der Waals surface area contributed by atoms with E-state index in [1.54, 1.807) is 26.0 Å². The van der Waals surface area contributed by atoms with Gasteiger partial charge in [0.05, 0.1) is 6.61 Å². The molecular formula is C24H23FN2O4. The molecule has 31 heavy (non-hydrogen) atoms. The van der Waals surface area contributed by atoms with Crippen LogP contribution in [0.15, 0.2) is 60.8 Å². The Labute approximate surface area is 180 Å². The van der Waals surface area contributed by atoms with Gasteiger partial charge in [0.1, 0.15) is 19.0 Å². The molecule has 0 saturated carbocycles. The summed E-state index contributed by atoms with van der Waals surface area (Å²) >= 11 is 0. The van der Waals surface area contributed by atoms with Gasteiger partial charge >= 0.3 is 5.97 Å². The van der Waals surface area contributed by atoms with E-state index in [0.717, 1.165) is 5.56 Å². The standard InChI is InChI=1S/C24H23FN2O4/c1-3-30-21(28)14-27-24(29)22-23(31-15-17-8-5-4-6-9-17)16(2)20(13-26-22)18-10-7-11-19(25)12-18/h4-13H,3,14-15H2,1-2H3,(H,27,29). The van der Waals surface area contributed by atoms with Gasteiger partial charge in [0.25, 0.3) is 5.91 Å². The van der Waals surface area contributed by atoms with Crippen molar-refractivity contribution in [2.24, 2.45) is 0 Å². The number of benzene rings is 2. The van der Waals surface area contributed by atoms with Crippen molar-refractivity contribution in [2.45, 2.75) is 20.5 Å². The molecule has 0 unspecified atom stereocenters. The first-order chi connectivity index (χ1) is 15.0. The number of halogens is 1. The minimum absolute atomic E-state index is 0.0397. The largest absolute Gasteiger partial charge is 0.486 e. The summed E-state index contributed by atoms with van der Waals surface area (Å²) in [5.74, 6) is -1.22. The lowest BCUT2D eigenvalue weighted by atomic mass is 10.0. The maximum Gasteiger partial charge on any atom is 0.325 e. The quantitative estimate of drug-likeness (QED) is 0.554. The lowest BCUT2D eigenvalue weighted by Crippen LogP contribution is -2.31. The minimum Gasteiger partial charge on any atom is -0.486 e. The smallest absolute Gasteiger partial charge is 0.325 e. The number of rotatable bonds is 8. The van der Waals surface area contributed by atoms with E-state index in [0.29, 0.717) is 16.7 Å². The van der Waals surface area contributed by atoms with E-state index in [9.17, 15) is 14.0 Å². The van der Waals surface area contributed by atoms with Crippen LogP contribution in [0.25, 0.3) is 11.1 Å². The Kier molecular flexibility index (Phi) is 7.32. The molecule has 1 heterocycles. The Balaban J connectivity index is 1.94. The number of hydrogen-bond donors (Lipinski definition) is 1. The number of nitrogens with zero attached hydrogens (tertiary/aromatic N) is 1. The number of carbonyl (C=O) groups excluding carboxylic acids is 2. The van der Waals surface area contributed by atoms with Crippen molar-refractivity contribution in [2.75, 3.05) is 13.2 Å². The van der Waals surface area contributed by atoms with Gasteiger partial charge in [-0.15, -0.1) is 0 Å². The highest BCUT2D eigenvalue weighted by Crippen LogP contribution is 2.32. The SMILES string of the molecule is CCOC(=O)CNC(=O)c1ncc(-c2cccc(F)c2)c(C)c1OCc1ccccc1. The average molecular weight is 422 g/mol. The molecule has 0 fully saturated rings. The van der Waals surface area contributed by atoms with Crippen LogP contribution in [0.1, 0.15) is 28.5 Å². The van der Waals surface area contributed by atoms with Gasteiger partial charge in [-0.25, -0.2) is 9.37 Å². The summed E-state index contributed by atoms with van der Waals surface area (Å²) in [4.78, 5) is 28.6. The van der Waals surface area contributed by atoms with Crippen LogP contribution in [0, 0.1) is 12.7 Å². The van der Waals surface area contributed by atoms with Crippen molar-refractivity contribution < 1.29 is 23.5 Å². The van der Waals surface area contributed by atoms with Crippen LogP contribution < -0.4 is 10.1 Å². The number of pyridine rings is 1. The van der Waals surface area contributed by atoms with Gasteiger partial charge in [0.15, 0.2) is 11.4 Å². The predicted molar refractivity (Wildman–Crippen MR) is 114 cm³/mol. The third-order valence-corrected chi connectivity index (χ3v) is 4.56. The zero-order valence-corrected chi connectivity index (χ0v) is 17.4. The lowest BCUT2D eigenvalue weighted by molar-refractivity contribution is -0.141. The molecule has 0 bridgehead atoms. The highest BCUT2D eigenvalue weighted by molar-refractivity contribution is 5.97. The van der Waals surface area contributed by atoms with Gasteiger partial charge in [-0.3, -0.25) is 9.59 Å². The van der Waals surface area contributed by atoms with Crippen molar-refractivity contribution in [1.82, 2.24) is 10.3 Å². The molecule has 0 radical (unpaired) electrons. The average Bonchev–Trinajstić information content (AvgIpc) is 2.77. The first kappa shape index (κ1) is 22.0. The van der Waals surface area contributed by atoms with Crippen LogP contribution >= 0.6 is 0 Å². The normalized spacial score (nSPS) is 10.4. The second kappa shape index (κ2) is 10.3. The van der Waals surface area contributed by atoms with Gasteiger partial charge in [-0.2, -0.15) is 0 Å². The molecule has 1 aromatic heterocycles. The maximum absolute atomic E-state index is 13.7. The van der Waals surface area contributed by atoms with Crippen LogP contribution in [0.4, 0.5) is 4.39 Å². The molecule has 0 aliphatic heterocycles. The summed E-state index contributed by atoms with van der Waals surface area (Å²) in [6.45, 7) is 3.63. The number of aromatic nitrogens is 1. The lowest BCUT2D eigenvalue weighted by Gasteiger charge is -2.16. The van der Waals surface area contributed by atoms with Gasteiger partial charge < -0.3 is 14.8 Å². The predicted octanol–water partition coefficient (Wildman–Crippen LogP) is 4.07. The summed E-state index contributed by atoms with van der Waals surface area (Å²) in [6.07, 6.45) is 1.50. The first-order valence-electron chi connectivity index (χ1n) is 9.85. The van der Waals surface area contributed by atoms with Crippen molar-refractivity contribution in [3.05, 3.63) is 83.4 Å². The second-order valence-electron chi connectivity index (χ2n) is 6.75. The molecule has 2 aromatic carbocycles. The molecule has 0 atom stereocenters. The third-order valence-electron chi connectivity index (χ3n) is 4.56. The van der Waals surface area contributed by atoms with E-state index in [2.05, 4.69) is 10.3 Å². The highest BCUT2D eigenvalue weighted by Gasteiger charge is 2.21. The monoisotopic (exact) mass is 422 g/mol. The van der Waals surface area contributed by atoms with Crippen LogP contribution in [-0.2, 0) is 16.1 Å². The maximum atomic E-state index is 13.7. The molecule has 3 aromatic rings. The molecule has 1 amide bonds. The molecule has 0 saturated heterocycles. The molecule has 1 N–H and O–H groups in total. The van der Waals surface area contributed by atoms with Crippen molar-refractivity contribution >= 4 is 11.9 Å². The Hall–Kier alpha value is -3.74. The first-order valence-corrected chi connectivity index (χ1v) is 9.85. The van der Waals surface area contributed by atoms with Crippen molar-refractivity contribution in [1.29, 1.82) is 0 Å². The van der Waals surface area contributed by atoms with E-state index < -0.39 is 11.9 Å². The van der Waals surface area contributed by atoms with Gasteiger partial charge in [-0.05, 0) is 37.1 Å². The van der Waals surface area contributed by atoms with E-state index in [-0.39, 0.29) is 37.0 Å². The Morgan fingerprint density at radius 1 is 1.10 bits per heavy atom. The van der Waals surface area contributed by atoms with Crippen molar-refractivity contribution in [3.63, 3.8) is 0 Å². The zero-order valence-electron chi connectivity index (χ0n) is 17.4. The number of ether oxygens (including phenoxy) is 2. The minimum atomic E-state index is -0.565. The fourth-order valence-corrected chi connectivity index (χ4v) is 3.05. The Bertz CT molecular complexity index is 1070. The van der Waals surface area contributed by atoms with E-state index in [4.69, 9.17) is 9.47 Å². The second-order valence-corrected chi connectivity index (χ2v) is 6.75. The van der Waals surface area contributed by atoms with Gasteiger partial charge in [-0.1, -0.05) is 42.5 Å². The summed E-state index contributed by atoms with van der Waals surface area (Å²) in [7, 11) is 0. The van der Waals surface area contributed by atoms with Crippen molar-refractivity contribution in [3.8, 4) is 16.9 Å². The van der Waals surface area contributed by atoms with E-state index in [1.807, 2.05) is 30.3 Å². The summed E-state index contributed by atoms with van der Waals surface area (Å²) in [6, 6.07) is 15.6. The fourth-order valence-electron chi connectivity index (χ4n) is 3.05. The molecule has 0 aliphatic carbocycles. The van der Waals surface area contributed by atoms with Crippen LogP contribution in [0.3, 0.4) is 0 Å². The van der Waals surface area contributed by atoms with Crippen LogP contribution in [0.5, 0.6) is 5.75 Å². The molecule has 0 spiro atoms. The topological polar surface area (TPSA) is 77.5 Å². The highest BCUT2D eigenvalue weighted by atomic mass is 19.1. The number of carbonyl (C=O) groups is 2. The number of hydrogen-bond acceptors (Lipinski definition) is 5. The van der Waals surface area contributed by atoms with Crippen LogP contribution in [-0.4, -0.2) is 30.0 Å². The molecule has 7 heteroatoms. The summed E-state index contributed by atoms with van der Waals surface area (Å²) in [5.41, 5.74) is 2.85.